The van der Waals surface area contributed by atoms with E-state index in [2.05, 4.69) is 67.6 Å². The minimum Gasteiger partial charge on any atom is -0.373 e. The second-order valence-electron chi connectivity index (χ2n) is 7.93. The molecule has 148 valence electrons. The van der Waals surface area contributed by atoms with Crippen LogP contribution in [-0.4, -0.2) is 6.61 Å². The van der Waals surface area contributed by atoms with E-state index in [1.807, 2.05) is 19.1 Å². The minimum atomic E-state index is 0.667. The first-order valence-electron chi connectivity index (χ1n) is 10.8. The molecule has 3 rings (SSSR count). The molecule has 1 fully saturated rings. The normalized spacial score (nSPS) is 20.2. The van der Waals surface area contributed by atoms with Crippen molar-refractivity contribution in [2.75, 3.05) is 6.61 Å². The van der Waals surface area contributed by atoms with E-state index < -0.39 is 0 Å². The molecule has 2 aromatic carbocycles. The Hall–Kier alpha value is -2.12. The molecule has 0 atom stereocenters. The summed E-state index contributed by atoms with van der Waals surface area (Å²) in [4.78, 5) is 0. The molecule has 28 heavy (non-hydrogen) atoms. The predicted octanol–water partition coefficient (Wildman–Crippen LogP) is 7.69. The molecule has 0 spiro atoms. The molecule has 0 bridgehead atoms. The van der Waals surface area contributed by atoms with Crippen molar-refractivity contribution in [1.29, 1.82) is 0 Å². The van der Waals surface area contributed by atoms with Crippen LogP contribution in [0.25, 0.3) is 11.1 Å². The van der Waals surface area contributed by atoms with Gasteiger partial charge in [-0.3, -0.25) is 0 Å². The van der Waals surface area contributed by atoms with Crippen LogP contribution >= 0.6 is 0 Å². The van der Waals surface area contributed by atoms with Gasteiger partial charge >= 0.3 is 0 Å². The van der Waals surface area contributed by atoms with Gasteiger partial charge in [0.2, 0.25) is 0 Å². The Morgan fingerprint density at radius 3 is 2.00 bits per heavy atom. The smallest absolute Gasteiger partial charge is 0.0721 e. The topological polar surface area (TPSA) is 9.23 Å². The summed E-state index contributed by atoms with van der Waals surface area (Å²) in [5.41, 5.74) is 5.31. The zero-order valence-corrected chi connectivity index (χ0v) is 17.4. The molecule has 0 saturated heterocycles. The van der Waals surface area contributed by atoms with Crippen LogP contribution in [0.15, 0.2) is 72.8 Å². The lowest BCUT2D eigenvalue weighted by Crippen LogP contribution is -2.12. The molecule has 0 heterocycles. The third-order valence-electron chi connectivity index (χ3n) is 5.94. The highest BCUT2D eigenvalue weighted by Gasteiger charge is 2.21. The molecule has 1 aliphatic carbocycles. The maximum absolute atomic E-state index is 5.63. The fourth-order valence-electron chi connectivity index (χ4n) is 4.14. The molecule has 1 aliphatic rings. The van der Waals surface area contributed by atoms with E-state index in [0.717, 1.165) is 11.8 Å². The molecule has 0 radical (unpaired) electrons. The molecule has 1 nitrogen and oxygen atoms in total. The number of hydrogen-bond acceptors (Lipinski definition) is 1. The predicted molar refractivity (Wildman–Crippen MR) is 120 cm³/mol. The van der Waals surface area contributed by atoms with Crippen LogP contribution in [-0.2, 0) is 11.3 Å². The quantitative estimate of drug-likeness (QED) is 0.340. The highest BCUT2D eigenvalue weighted by molar-refractivity contribution is 5.64. The van der Waals surface area contributed by atoms with Crippen molar-refractivity contribution in [3.05, 3.63) is 84.0 Å². The monoisotopic (exact) mass is 374 g/mol. The highest BCUT2D eigenvalue weighted by Crippen LogP contribution is 2.37. The summed E-state index contributed by atoms with van der Waals surface area (Å²) in [6.07, 6.45) is 15.2. The zero-order chi connectivity index (χ0) is 19.6. The van der Waals surface area contributed by atoms with E-state index >= 15 is 0 Å². The van der Waals surface area contributed by atoms with Crippen molar-refractivity contribution in [1.82, 2.24) is 0 Å². The molecular weight excluding hydrogens is 340 g/mol. The van der Waals surface area contributed by atoms with Crippen molar-refractivity contribution < 1.29 is 4.74 Å². The first-order chi connectivity index (χ1) is 13.8. The summed E-state index contributed by atoms with van der Waals surface area (Å²) in [5, 5.41) is 0. The average Bonchev–Trinajstić information content (AvgIpc) is 2.76. The van der Waals surface area contributed by atoms with Crippen LogP contribution in [0.4, 0.5) is 0 Å². The van der Waals surface area contributed by atoms with Gasteiger partial charge in [0.15, 0.2) is 0 Å². The van der Waals surface area contributed by atoms with Crippen LogP contribution in [0, 0.1) is 5.92 Å². The van der Waals surface area contributed by atoms with Gasteiger partial charge in [0.1, 0.15) is 0 Å². The van der Waals surface area contributed by atoms with Gasteiger partial charge in [0, 0.05) is 0 Å². The van der Waals surface area contributed by atoms with Crippen molar-refractivity contribution in [2.24, 2.45) is 5.92 Å². The van der Waals surface area contributed by atoms with Gasteiger partial charge in [-0.25, -0.2) is 0 Å². The molecule has 0 N–H and O–H groups in total. The van der Waals surface area contributed by atoms with Gasteiger partial charge in [-0.05, 0) is 80.0 Å². The minimum absolute atomic E-state index is 0.667. The molecule has 1 saturated carbocycles. The third-order valence-corrected chi connectivity index (χ3v) is 5.94. The Morgan fingerprint density at radius 2 is 1.39 bits per heavy atom. The summed E-state index contributed by atoms with van der Waals surface area (Å²) < 4.78 is 5.63. The largest absolute Gasteiger partial charge is 0.373 e. The van der Waals surface area contributed by atoms with Gasteiger partial charge in [0.05, 0.1) is 13.2 Å². The van der Waals surface area contributed by atoms with Crippen molar-refractivity contribution in [3.63, 3.8) is 0 Å². The zero-order valence-electron chi connectivity index (χ0n) is 17.4. The van der Waals surface area contributed by atoms with Crippen molar-refractivity contribution in [2.45, 2.75) is 58.5 Å². The van der Waals surface area contributed by atoms with Gasteiger partial charge < -0.3 is 4.74 Å². The summed E-state index contributed by atoms with van der Waals surface area (Å²) in [6.45, 7) is 5.48. The Morgan fingerprint density at radius 1 is 0.786 bits per heavy atom. The summed E-state index contributed by atoms with van der Waals surface area (Å²) >= 11 is 0. The Balaban J connectivity index is 1.54. The van der Waals surface area contributed by atoms with E-state index in [1.165, 1.54) is 54.4 Å². The van der Waals surface area contributed by atoms with Gasteiger partial charge in [-0.15, -0.1) is 0 Å². The summed E-state index contributed by atoms with van der Waals surface area (Å²) in [5.74, 6) is 1.64. The Kier molecular flexibility index (Phi) is 8.11. The van der Waals surface area contributed by atoms with Crippen LogP contribution < -0.4 is 0 Å². The molecule has 0 aliphatic heterocycles. The number of hydrogen-bond donors (Lipinski definition) is 0. The number of ether oxygens (including phenoxy) is 1. The van der Waals surface area contributed by atoms with E-state index in [1.54, 1.807) is 0 Å². The molecule has 0 aromatic heterocycles. The van der Waals surface area contributed by atoms with Gasteiger partial charge in [-0.2, -0.15) is 0 Å². The number of rotatable bonds is 8. The lowest BCUT2D eigenvalue weighted by molar-refractivity contribution is 0.148. The second kappa shape index (κ2) is 11.0. The lowest BCUT2D eigenvalue weighted by Gasteiger charge is -2.28. The Labute approximate surface area is 171 Å². The summed E-state index contributed by atoms with van der Waals surface area (Å²) in [6, 6.07) is 18.0. The van der Waals surface area contributed by atoms with Crippen molar-refractivity contribution in [3.8, 4) is 11.1 Å². The highest BCUT2D eigenvalue weighted by atomic mass is 16.5. The molecule has 2 aromatic rings. The van der Waals surface area contributed by atoms with E-state index in [-0.39, 0.29) is 0 Å². The van der Waals surface area contributed by atoms with Crippen LogP contribution in [0.2, 0.25) is 0 Å². The molecule has 0 amide bonds. The first-order valence-corrected chi connectivity index (χ1v) is 10.8. The SMILES string of the molecule is CC=CCOCc1ccc(-c2ccc(C3CCC(CC=CC)CC3)cc2)cc1. The molecule has 1 heteroatoms. The van der Waals surface area contributed by atoms with Crippen LogP contribution in [0.1, 0.15) is 63.0 Å². The fourth-order valence-corrected chi connectivity index (χ4v) is 4.14. The molecule has 0 unspecified atom stereocenters. The third kappa shape index (κ3) is 5.94. The van der Waals surface area contributed by atoms with Crippen molar-refractivity contribution >= 4 is 0 Å². The van der Waals surface area contributed by atoms with Crippen LogP contribution in [0.5, 0.6) is 0 Å². The number of allylic oxidation sites excluding steroid dienone is 3. The lowest BCUT2D eigenvalue weighted by atomic mass is 9.77. The summed E-state index contributed by atoms with van der Waals surface area (Å²) in [7, 11) is 0. The second-order valence-corrected chi connectivity index (χ2v) is 7.93. The van der Waals surface area contributed by atoms with E-state index in [0.29, 0.717) is 13.2 Å². The van der Waals surface area contributed by atoms with Gasteiger partial charge in [-0.1, -0.05) is 72.8 Å². The fraction of sp³-hybridized carbons (Fsp3) is 0.407. The first kappa shape index (κ1) is 20.6. The maximum Gasteiger partial charge on any atom is 0.0721 e. The standard InChI is InChI=1S/C27H34O/c1-3-5-7-22-8-12-24(13-9-22)26-16-18-27(19-17-26)25-14-10-23(11-15-25)21-28-20-6-4-2/h3-6,10-11,14-19,22,24H,7-9,12-13,20-21H2,1-2H3. The number of benzene rings is 2. The Bertz CT molecular complexity index is 744. The average molecular weight is 375 g/mol. The van der Waals surface area contributed by atoms with E-state index in [9.17, 15) is 0 Å². The van der Waals surface area contributed by atoms with Gasteiger partial charge in [0.25, 0.3) is 0 Å². The molecular formula is C27H34O. The van der Waals surface area contributed by atoms with Crippen LogP contribution in [0.3, 0.4) is 0 Å². The maximum atomic E-state index is 5.63. The van der Waals surface area contributed by atoms with E-state index in [4.69, 9.17) is 4.74 Å².